The maximum Gasteiger partial charge on any atom is 0.303 e. The van der Waals surface area contributed by atoms with Crippen LogP contribution in [0.2, 0.25) is 0 Å². The first-order valence-corrected chi connectivity index (χ1v) is 8.78. The SMILES string of the molecule is CCCCCC=CC=CC(CCCCCCCC(=O)O)OC. The molecule has 0 amide bonds. The van der Waals surface area contributed by atoms with Crippen LogP contribution in [-0.4, -0.2) is 24.3 Å². The van der Waals surface area contributed by atoms with Gasteiger partial charge in [-0.3, -0.25) is 4.79 Å². The van der Waals surface area contributed by atoms with E-state index in [4.69, 9.17) is 9.84 Å². The summed E-state index contributed by atoms with van der Waals surface area (Å²) < 4.78 is 5.46. The average Bonchev–Trinajstić information content (AvgIpc) is 2.50. The molecular weight excluding hydrogens is 276 g/mol. The summed E-state index contributed by atoms with van der Waals surface area (Å²) >= 11 is 0. The molecule has 1 atom stereocenters. The largest absolute Gasteiger partial charge is 0.481 e. The lowest BCUT2D eigenvalue weighted by Gasteiger charge is -2.10. The predicted molar refractivity (Wildman–Crippen MR) is 93.2 cm³/mol. The van der Waals surface area contributed by atoms with Crippen LogP contribution >= 0.6 is 0 Å². The summed E-state index contributed by atoms with van der Waals surface area (Å²) in [5.74, 6) is -0.688. The van der Waals surface area contributed by atoms with Crippen LogP contribution in [0.25, 0.3) is 0 Å². The Labute approximate surface area is 136 Å². The van der Waals surface area contributed by atoms with Gasteiger partial charge in [-0.05, 0) is 25.7 Å². The van der Waals surface area contributed by atoms with Gasteiger partial charge in [0, 0.05) is 13.5 Å². The highest BCUT2D eigenvalue weighted by Gasteiger charge is 2.02. The Morgan fingerprint density at radius 1 is 1.05 bits per heavy atom. The summed E-state index contributed by atoms with van der Waals surface area (Å²) in [7, 11) is 1.76. The van der Waals surface area contributed by atoms with Crippen molar-refractivity contribution in [3.05, 3.63) is 24.3 Å². The minimum Gasteiger partial charge on any atom is -0.481 e. The second kappa shape index (κ2) is 16.3. The van der Waals surface area contributed by atoms with E-state index in [1.165, 1.54) is 19.3 Å². The van der Waals surface area contributed by atoms with E-state index >= 15 is 0 Å². The lowest BCUT2D eigenvalue weighted by molar-refractivity contribution is -0.137. The van der Waals surface area contributed by atoms with Gasteiger partial charge in [-0.2, -0.15) is 0 Å². The lowest BCUT2D eigenvalue weighted by Crippen LogP contribution is -2.06. The minimum atomic E-state index is -0.688. The van der Waals surface area contributed by atoms with Crippen molar-refractivity contribution in [1.82, 2.24) is 0 Å². The van der Waals surface area contributed by atoms with E-state index in [-0.39, 0.29) is 6.10 Å². The molecule has 0 aliphatic heterocycles. The second-order valence-electron chi connectivity index (χ2n) is 5.78. The van der Waals surface area contributed by atoms with Crippen LogP contribution in [0.1, 0.15) is 77.6 Å². The van der Waals surface area contributed by atoms with Gasteiger partial charge >= 0.3 is 5.97 Å². The summed E-state index contributed by atoms with van der Waals surface area (Å²) in [4.78, 5) is 10.4. The number of hydrogen-bond acceptors (Lipinski definition) is 2. The fourth-order valence-electron chi connectivity index (χ4n) is 2.32. The number of carboxylic acids is 1. The zero-order valence-electron chi connectivity index (χ0n) is 14.4. The Morgan fingerprint density at radius 2 is 1.77 bits per heavy atom. The first-order chi connectivity index (χ1) is 10.7. The number of hydrogen-bond donors (Lipinski definition) is 1. The molecule has 0 aromatic heterocycles. The van der Waals surface area contributed by atoms with Crippen molar-refractivity contribution >= 4 is 5.97 Å². The lowest BCUT2D eigenvalue weighted by atomic mass is 10.1. The molecule has 0 saturated heterocycles. The summed E-state index contributed by atoms with van der Waals surface area (Å²) in [6, 6.07) is 0. The maximum atomic E-state index is 10.4. The molecule has 22 heavy (non-hydrogen) atoms. The molecule has 0 radical (unpaired) electrons. The number of allylic oxidation sites excluding steroid dienone is 3. The quantitative estimate of drug-likeness (QED) is 0.320. The van der Waals surface area contributed by atoms with E-state index in [2.05, 4.69) is 31.2 Å². The van der Waals surface area contributed by atoms with Crippen molar-refractivity contribution in [2.75, 3.05) is 7.11 Å². The third-order valence-electron chi connectivity index (χ3n) is 3.73. The van der Waals surface area contributed by atoms with E-state index in [9.17, 15) is 4.79 Å². The molecule has 0 saturated carbocycles. The van der Waals surface area contributed by atoms with Crippen LogP contribution in [0.5, 0.6) is 0 Å². The minimum absolute atomic E-state index is 0.194. The van der Waals surface area contributed by atoms with Gasteiger partial charge in [-0.1, -0.05) is 69.8 Å². The van der Waals surface area contributed by atoms with Crippen LogP contribution in [0.4, 0.5) is 0 Å². The molecule has 1 N–H and O–H groups in total. The van der Waals surface area contributed by atoms with Crippen LogP contribution in [0, 0.1) is 0 Å². The number of unbranched alkanes of at least 4 members (excludes halogenated alkanes) is 7. The molecule has 0 fully saturated rings. The molecular formula is C19H34O3. The van der Waals surface area contributed by atoms with Gasteiger partial charge in [0.05, 0.1) is 6.10 Å². The number of carbonyl (C=O) groups is 1. The fourth-order valence-corrected chi connectivity index (χ4v) is 2.32. The third kappa shape index (κ3) is 15.3. The Morgan fingerprint density at radius 3 is 2.45 bits per heavy atom. The van der Waals surface area contributed by atoms with Gasteiger partial charge in [-0.15, -0.1) is 0 Å². The topological polar surface area (TPSA) is 46.5 Å². The zero-order chi connectivity index (χ0) is 16.5. The molecule has 0 aliphatic rings. The molecule has 3 nitrogen and oxygen atoms in total. The van der Waals surface area contributed by atoms with Gasteiger partial charge in [0.25, 0.3) is 0 Å². The van der Waals surface area contributed by atoms with Crippen molar-refractivity contribution < 1.29 is 14.6 Å². The highest BCUT2D eigenvalue weighted by Crippen LogP contribution is 2.11. The number of carboxylic acid groups (broad SMARTS) is 1. The number of rotatable bonds is 15. The zero-order valence-corrected chi connectivity index (χ0v) is 14.4. The molecule has 3 heteroatoms. The Kier molecular flexibility index (Phi) is 15.5. The number of ether oxygens (including phenoxy) is 1. The van der Waals surface area contributed by atoms with Gasteiger partial charge in [0.15, 0.2) is 0 Å². The predicted octanol–water partition coefficient (Wildman–Crippen LogP) is 5.51. The first-order valence-electron chi connectivity index (χ1n) is 8.78. The average molecular weight is 310 g/mol. The van der Waals surface area contributed by atoms with E-state index in [0.717, 1.165) is 44.9 Å². The molecule has 0 aliphatic carbocycles. The molecule has 0 spiro atoms. The van der Waals surface area contributed by atoms with Crippen molar-refractivity contribution in [2.45, 2.75) is 83.7 Å². The van der Waals surface area contributed by atoms with E-state index < -0.39 is 5.97 Å². The molecule has 0 bridgehead atoms. The maximum absolute atomic E-state index is 10.4. The molecule has 1 unspecified atom stereocenters. The Hall–Kier alpha value is -1.09. The van der Waals surface area contributed by atoms with Crippen molar-refractivity contribution in [1.29, 1.82) is 0 Å². The van der Waals surface area contributed by atoms with Gasteiger partial charge < -0.3 is 9.84 Å². The molecule has 0 aromatic carbocycles. The normalized spacial score (nSPS) is 13.2. The summed E-state index contributed by atoms with van der Waals surface area (Å²) in [6.45, 7) is 2.22. The van der Waals surface area contributed by atoms with Crippen molar-refractivity contribution in [3.63, 3.8) is 0 Å². The van der Waals surface area contributed by atoms with Gasteiger partial charge in [0.1, 0.15) is 0 Å². The standard InChI is InChI=1S/C19H34O3/c1-3-4-5-6-7-9-12-15-18(22-2)16-13-10-8-11-14-17-19(20)21/h7,9,12,15,18H,3-6,8,10-11,13-14,16-17H2,1-2H3,(H,20,21). The third-order valence-corrected chi connectivity index (χ3v) is 3.73. The highest BCUT2D eigenvalue weighted by molar-refractivity contribution is 5.66. The summed E-state index contributed by atoms with van der Waals surface area (Å²) in [5, 5.41) is 8.55. The smallest absolute Gasteiger partial charge is 0.303 e. The molecule has 128 valence electrons. The van der Waals surface area contributed by atoms with Crippen molar-refractivity contribution in [2.24, 2.45) is 0 Å². The highest BCUT2D eigenvalue weighted by atomic mass is 16.5. The van der Waals surface area contributed by atoms with Crippen LogP contribution in [-0.2, 0) is 9.53 Å². The summed E-state index contributed by atoms with van der Waals surface area (Å²) in [6.07, 6.45) is 20.3. The van der Waals surface area contributed by atoms with Gasteiger partial charge in [-0.25, -0.2) is 0 Å². The van der Waals surface area contributed by atoms with E-state index in [1.807, 2.05) is 0 Å². The number of methoxy groups -OCH3 is 1. The van der Waals surface area contributed by atoms with Crippen LogP contribution in [0.15, 0.2) is 24.3 Å². The molecule has 0 rings (SSSR count). The Bertz CT molecular complexity index is 308. The van der Waals surface area contributed by atoms with Crippen LogP contribution in [0.3, 0.4) is 0 Å². The van der Waals surface area contributed by atoms with E-state index in [0.29, 0.717) is 6.42 Å². The van der Waals surface area contributed by atoms with E-state index in [1.54, 1.807) is 7.11 Å². The van der Waals surface area contributed by atoms with Crippen LogP contribution < -0.4 is 0 Å². The first kappa shape index (κ1) is 20.9. The summed E-state index contributed by atoms with van der Waals surface area (Å²) in [5.41, 5.74) is 0. The second-order valence-corrected chi connectivity index (χ2v) is 5.78. The fraction of sp³-hybridized carbons (Fsp3) is 0.737. The monoisotopic (exact) mass is 310 g/mol. The molecule has 0 aromatic rings. The molecule has 0 heterocycles. The Balaban J connectivity index is 3.59. The number of aliphatic carboxylic acids is 1. The van der Waals surface area contributed by atoms with Crippen molar-refractivity contribution in [3.8, 4) is 0 Å². The van der Waals surface area contributed by atoms with Gasteiger partial charge in [0.2, 0.25) is 0 Å².